The fourth-order valence-corrected chi connectivity index (χ4v) is 6.17. The van der Waals surface area contributed by atoms with Gasteiger partial charge in [0.05, 0.1) is 20.3 Å². The SMILES string of the molecule is Cc1ccc(S(=O)(=O)[C@H](C)[C@@H](C)S(=O)(=O)c2ccc(C)cc2)cc1. The van der Waals surface area contributed by atoms with Gasteiger partial charge in [-0.3, -0.25) is 0 Å². The molecule has 0 amide bonds. The van der Waals surface area contributed by atoms with Crippen LogP contribution in [0.4, 0.5) is 0 Å². The highest BCUT2D eigenvalue weighted by Crippen LogP contribution is 2.26. The van der Waals surface area contributed by atoms with E-state index < -0.39 is 30.2 Å². The third-order valence-corrected chi connectivity index (χ3v) is 9.14. The van der Waals surface area contributed by atoms with Crippen molar-refractivity contribution in [1.82, 2.24) is 0 Å². The highest BCUT2D eigenvalue weighted by molar-refractivity contribution is 7.96. The molecule has 24 heavy (non-hydrogen) atoms. The van der Waals surface area contributed by atoms with Crippen LogP contribution in [0.3, 0.4) is 0 Å². The van der Waals surface area contributed by atoms with Gasteiger partial charge < -0.3 is 0 Å². The van der Waals surface area contributed by atoms with Crippen molar-refractivity contribution in [2.24, 2.45) is 0 Å². The summed E-state index contributed by atoms with van der Waals surface area (Å²) >= 11 is 0. The maximum absolute atomic E-state index is 12.8. The Balaban J connectivity index is 2.39. The lowest BCUT2D eigenvalue weighted by Gasteiger charge is -2.21. The van der Waals surface area contributed by atoms with Crippen molar-refractivity contribution in [3.63, 3.8) is 0 Å². The van der Waals surface area contributed by atoms with Crippen LogP contribution in [0.25, 0.3) is 0 Å². The van der Waals surface area contributed by atoms with E-state index in [1.807, 2.05) is 13.8 Å². The largest absolute Gasteiger partial charge is 0.223 e. The van der Waals surface area contributed by atoms with Crippen LogP contribution in [-0.2, 0) is 19.7 Å². The number of benzene rings is 2. The van der Waals surface area contributed by atoms with Crippen molar-refractivity contribution < 1.29 is 16.8 Å². The molecule has 0 fully saturated rings. The Kier molecular flexibility index (Phi) is 5.20. The molecule has 0 aromatic heterocycles. The number of aryl methyl sites for hydroxylation is 2. The lowest BCUT2D eigenvalue weighted by molar-refractivity contribution is 0.562. The molecule has 0 spiro atoms. The molecule has 0 heterocycles. The first-order chi connectivity index (χ1) is 11.1. The second-order valence-corrected chi connectivity index (χ2v) is 10.7. The Bertz CT molecular complexity index is 830. The van der Waals surface area contributed by atoms with Gasteiger partial charge in [0.1, 0.15) is 0 Å². The van der Waals surface area contributed by atoms with E-state index in [1.165, 1.54) is 38.1 Å². The highest BCUT2D eigenvalue weighted by atomic mass is 32.2. The van der Waals surface area contributed by atoms with Crippen LogP contribution in [0.1, 0.15) is 25.0 Å². The summed E-state index contributed by atoms with van der Waals surface area (Å²) in [6.07, 6.45) is 0. The molecule has 130 valence electrons. The molecule has 0 N–H and O–H groups in total. The zero-order chi connectivity index (χ0) is 18.1. The third kappa shape index (κ3) is 3.54. The Morgan fingerprint density at radius 1 is 0.583 bits per heavy atom. The van der Waals surface area contributed by atoms with E-state index in [9.17, 15) is 16.8 Å². The van der Waals surface area contributed by atoms with Crippen molar-refractivity contribution in [2.75, 3.05) is 0 Å². The molecule has 0 aliphatic rings. The summed E-state index contributed by atoms with van der Waals surface area (Å²) in [5.41, 5.74) is 1.89. The van der Waals surface area contributed by atoms with E-state index in [-0.39, 0.29) is 9.79 Å². The van der Waals surface area contributed by atoms with Gasteiger partial charge in [0, 0.05) is 0 Å². The second-order valence-electron chi connectivity index (χ2n) is 6.13. The van der Waals surface area contributed by atoms with E-state index in [4.69, 9.17) is 0 Å². The topological polar surface area (TPSA) is 68.3 Å². The summed E-state index contributed by atoms with van der Waals surface area (Å²) in [6.45, 7) is 6.63. The standard InChI is InChI=1S/C18H22O4S2/c1-13-5-9-17(10-6-13)23(19,20)15(3)16(4)24(21,22)18-11-7-14(2)8-12-18/h5-12,15-16H,1-4H3/t15-,16-/m1/s1. The minimum absolute atomic E-state index is 0.145. The molecule has 0 bridgehead atoms. The van der Waals surface area contributed by atoms with Crippen LogP contribution >= 0.6 is 0 Å². The average molecular weight is 367 g/mol. The quantitative estimate of drug-likeness (QED) is 0.814. The van der Waals surface area contributed by atoms with Crippen molar-refractivity contribution in [2.45, 2.75) is 48.0 Å². The van der Waals surface area contributed by atoms with Gasteiger partial charge in [-0.15, -0.1) is 0 Å². The number of hydrogen-bond donors (Lipinski definition) is 0. The lowest BCUT2D eigenvalue weighted by Crippen LogP contribution is -2.35. The van der Waals surface area contributed by atoms with Crippen molar-refractivity contribution in [3.8, 4) is 0 Å². The van der Waals surface area contributed by atoms with Gasteiger partial charge in [-0.25, -0.2) is 16.8 Å². The van der Waals surface area contributed by atoms with Crippen LogP contribution in [-0.4, -0.2) is 27.3 Å². The van der Waals surface area contributed by atoms with Crippen LogP contribution in [0, 0.1) is 13.8 Å². The minimum atomic E-state index is -3.73. The van der Waals surface area contributed by atoms with E-state index in [0.717, 1.165) is 11.1 Å². The maximum atomic E-state index is 12.8. The predicted molar refractivity (Wildman–Crippen MR) is 95.7 cm³/mol. The average Bonchev–Trinajstić information content (AvgIpc) is 2.54. The number of hydrogen-bond acceptors (Lipinski definition) is 4. The maximum Gasteiger partial charge on any atom is 0.182 e. The normalized spacial score (nSPS) is 15.0. The number of rotatable bonds is 5. The second kappa shape index (κ2) is 6.69. The lowest BCUT2D eigenvalue weighted by atomic mass is 10.2. The van der Waals surface area contributed by atoms with Crippen LogP contribution in [0.5, 0.6) is 0 Å². The molecule has 0 aliphatic carbocycles. The molecular weight excluding hydrogens is 344 g/mol. The molecule has 2 aromatic carbocycles. The van der Waals surface area contributed by atoms with E-state index >= 15 is 0 Å². The van der Waals surface area contributed by atoms with Gasteiger partial charge >= 0.3 is 0 Å². The molecule has 2 atom stereocenters. The summed E-state index contributed by atoms with van der Waals surface area (Å²) in [5, 5.41) is -2.10. The molecule has 2 rings (SSSR count). The summed E-state index contributed by atoms with van der Waals surface area (Å²) in [7, 11) is -7.47. The van der Waals surface area contributed by atoms with Crippen LogP contribution < -0.4 is 0 Å². The molecule has 4 nitrogen and oxygen atoms in total. The molecule has 2 aromatic rings. The molecule has 0 saturated heterocycles. The van der Waals surface area contributed by atoms with Crippen molar-refractivity contribution in [3.05, 3.63) is 59.7 Å². The monoisotopic (exact) mass is 366 g/mol. The summed E-state index contributed by atoms with van der Waals surface area (Å²) in [6, 6.07) is 12.9. The van der Waals surface area contributed by atoms with Gasteiger partial charge in [-0.1, -0.05) is 35.4 Å². The first kappa shape index (κ1) is 18.7. The zero-order valence-electron chi connectivity index (χ0n) is 14.2. The molecule has 0 aliphatic heterocycles. The van der Waals surface area contributed by atoms with Gasteiger partial charge in [0.25, 0.3) is 0 Å². The van der Waals surface area contributed by atoms with Gasteiger partial charge in [-0.2, -0.15) is 0 Å². The molecule has 0 radical (unpaired) electrons. The highest BCUT2D eigenvalue weighted by Gasteiger charge is 2.36. The smallest absolute Gasteiger partial charge is 0.182 e. The van der Waals surface area contributed by atoms with Crippen LogP contribution in [0.2, 0.25) is 0 Å². The Labute approximate surface area is 144 Å². The molecule has 0 saturated carbocycles. The Hall–Kier alpha value is -1.66. The first-order valence-corrected chi connectivity index (χ1v) is 10.8. The fraction of sp³-hybridized carbons (Fsp3) is 0.333. The van der Waals surface area contributed by atoms with E-state index in [0.29, 0.717) is 0 Å². The van der Waals surface area contributed by atoms with Crippen molar-refractivity contribution in [1.29, 1.82) is 0 Å². The molecule has 0 unspecified atom stereocenters. The third-order valence-electron chi connectivity index (χ3n) is 4.34. The van der Waals surface area contributed by atoms with Crippen molar-refractivity contribution >= 4 is 19.7 Å². The minimum Gasteiger partial charge on any atom is -0.223 e. The number of sulfone groups is 2. The van der Waals surface area contributed by atoms with E-state index in [1.54, 1.807) is 24.3 Å². The summed E-state index contributed by atoms with van der Waals surface area (Å²) < 4.78 is 51.0. The molecular formula is C18H22O4S2. The van der Waals surface area contributed by atoms with E-state index in [2.05, 4.69) is 0 Å². The first-order valence-electron chi connectivity index (χ1n) is 7.68. The summed E-state index contributed by atoms with van der Waals surface area (Å²) in [5.74, 6) is 0. The van der Waals surface area contributed by atoms with Crippen LogP contribution in [0.15, 0.2) is 58.3 Å². The molecule has 6 heteroatoms. The summed E-state index contributed by atoms with van der Waals surface area (Å²) in [4.78, 5) is 0.290. The fourth-order valence-electron chi connectivity index (χ4n) is 2.39. The van der Waals surface area contributed by atoms with Gasteiger partial charge in [0.15, 0.2) is 19.7 Å². The van der Waals surface area contributed by atoms with Gasteiger partial charge in [0.2, 0.25) is 0 Å². The van der Waals surface area contributed by atoms with Gasteiger partial charge in [-0.05, 0) is 52.0 Å². The Morgan fingerprint density at radius 3 is 1.08 bits per heavy atom. The zero-order valence-corrected chi connectivity index (χ0v) is 15.9. The Morgan fingerprint density at radius 2 is 0.833 bits per heavy atom. The predicted octanol–water partition coefficient (Wildman–Crippen LogP) is 3.33.